The second-order valence-electron chi connectivity index (χ2n) is 7.14. The van der Waals surface area contributed by atoms with Crippen LogP contribution in [-0.2, 0) is 11.3 Å². The summed E-state index contributed by atoms with van der Waals surface area (Å²) in [6, 6.07) is 17.0. The second kappa shape index (κ2) is 8.29. The number of aromatic nitrogens is 1. The van der Waals surface area contributed by atoms with E-state index in [1.807, 2.05) is 26.0 Å². The molecule has 1 amide bonds. The van der Waals surface area contributed by atoms with Crippen molar-refractivity contribution in [3.05, 3.63) is 76.3 Å². The molecule has 0 aliphatic carbocycles. The first-order chi connectivity index (χ1) is 14.1. The Kier molecular flexibility index (Phi) is 5.58. The average molecular weight is 404 g/mol. The summed E-state index contributed by atoms with van der Waals surface area (Å²) in [7, 11) is 0. The molecule has 4 rings (SSSR count). The van der Waals surface area contributed by atoms with Crippen LogP contribution < -0.4 is 0 Å². The number of aryl methyl sites for hydroxylation is 1. The van der Waals surface area contributed by atoms with Gasteiger partial charge in [0.1, 0.15) is 0 Å². The van der Waals surface area contributed by atoms with Crippen molar-refractivity contribution in [3.8, 4) is 0 Å². The number of amides is 1. The molecule has 0 atom stereocenters. The molecule has 0 saturated carbocycles. The molecule has 0 unspecified atom stereocenters. The SMILES string of the molecule is CCN=C1S/C(=C\c2cn(Cc3cccc(C)c3)c3ccccc23)C(=O)N1CC. The number of amidine groups is 1. The Labute approximate surface area is 175 Å². The molecule has 3 aromatic rings. The Morgan fingerprint density at radius 3 is 2.69 bits per heavy atom. The number of rotatable bonds is 5. The van der Waals surface area contributed by atoms with Gasteiger partial charge in [-0.15, -0.1) is 0 Å². The number of nitrogens with zero attached hydrogens (tertiary/aromatic N) is 3. The zero-order valence-corrected chi connectivity index (χ0v) is 17.9. The molecule has 0 bridgehead atoms. The van der Waals surface area contributed by atoms with Crippen LogP contribution in [0.2, 0.25) is 0 Å². The summed E-state index contributed by atoms with van der Waals surface area (Å²) in [5.41, 5.74) is 4.77. The van der Waals surface area contributed by atoms with Crippen LogP contribution in [0.4, 0.5) is 0 Å². The predicted molar refractivity (Wildman–Crippen MR) is 123 cm³/mol. The van der Waals surface area contributed by atoms with Gasteiger partial charge in [0.05, 0.1) is 4.91 Å². The number of likely N-dealkylation sites (N-methyl/N-ethyl adjacent to an activating group) is 1. The lowest BCUT2D eigenvalue weighted by Crippen LogP contribution is -2.28. The van der Waals surface area contributed by atoms with Crippen LogP contribution in [0.3, 0.4) is 0 Å². The van der Waals surface area contributed by atoms with E-state index in [2.05, 4.69) is 65.1 Å². The molecule has 1 saturated heterocycles. The number of benzene rings is 2. The number of hydrogen-bond acceptors (Lipinski definition) is 3. The third kappa shape index (κ3) is 3.87. The molecule has 5 heteroatoms. The van der Waals surface area contributed by atoms with E-state index in [0.29, 0.717) is 13.1 Å². The first-order valence-corrected chi connectivity index (χ1v) is 10.8. The molecular formula is C24H25N3OS. The van der Waals surface area contributed by atoms with E-state index in [9.17, 15) is 4.79 Å². The maximum absolute atomic E-state index is 12.8. The van der Waals surface area contributed by atoms with Gasteiger partial charge in [0, 0.05) is 42.3 Å². The number of aliphatic imine (C=N–C) groups is 1. The number of carbonyl (C=O) groups excluding carboxylic acids is 1. The number of carbonyl (C=O) groups is 1. The summed E-state index contributed by atoms with van der Waals surface area (Å²) in [5, 5.41) is 1.96. The van der Waals surface area contributed by atoms with Crippen LogP contribution in [-0.4, -0.2) is 33.6 Å². The Morgan fingerprint density at radius 2 is 1.93 bits per heavy atom. The summed E-state index contributed by atoms with van der Waals surface area (Å²) in [4.78, 5) is 19.8. The minimum absolute atomic E-state index is 0.0419. The summed E-state index contributed by atoms with van der Waals surface area (Å²) < 4.78 is 2.26. The van der Waals surface area contributed by atoms with Crippen LogP contribution in [0.1, 0.15) is 30.5 Å². The fraction of sp³-hybridized carbons (Fsp3) is 0.250. The Hall–Kier alpha value is -2.79. The fourth-order valence-electron chi connectivity index (χ4n) is 3.71. The first-order valence-electron chi connectivity index (χ1n) is 10.00. The molecule has 2 heterocycles. The highest BCUT2D eigenvalue weighted by atomic mass is 32.2. The largest absolute Gasteiger partial charge is 0.342 e. The Bertz CT molecular complexity index is 1130. The van der Waals surface area contributed by atoms with Gasteiger partial charge in [-0.05, 0) is 50.2 Å². The number of hydrogen-bond donors (Lipinski definition) is 0. The summed E-state index contributed by atoms with van der Waals surface area (Å²) in [5.74, 6) is 0.0419. The third-order valence-corrected chi connectivity index (χ3v) is 6.08. The topological polar surface area (TPSA) is 37.6 Å². The molecule has 1 aliphatic heterocycles. The molecule has 148 valence electrons. The van der Waals surface area contributed by atoms with Crippen LogP contribution >= 0.6 is 11.8 Å². The van der Waals surface area contributed by atoms with Crippen molar-refractivity contribution >= 4 is 39.8 Å². The molecule has 2 aromatic carbocycles. The summed E-state index contributed by atoms with van der Waals surface area (Å²) >= 11 is 1.47. The summed E-state index contributed by atoms with van der Waals surface area (Å²) in [6.45, 7) is 8.21. The van der Waals surface area contributed by atoms with Gasteiger partial charge in [-0.25, -0.2) is 0 Å². The van der Waals surface area contributed by atoms with Crippen molar-refractivity contribution in [1.29, 1.82) is 0 Å². The van der Waals surface area contributed by atoms with Crippen molar-refractivity contribution in [1.82, 2.24) is 9.47 Å². The van der Waals surface area contributed by atoms with Gasteiger partial charge in [0.25, 0.3) is 5.91 Å². The summed E-state index contributed by atoms with van der Waals surface area (Å²) in [6.07, 6.45) is 4.17. The van der Waals surface area contributed by atoms with Crippen molar-refractivity contribution in [2.45, 2.75) is 27.3 Å². The normalized spacial score (nSPS) is 17.2. The van der Waals surface area contributed by atoms with Crippen LogP contribution in [0.5, 0.6) is 0 Å². The van der Waals surface area contributed by atoms with E-state index in [1.165, 1.54) is 28.4 Å². The van der Waals surface area contributed by atoms with Gasteiger partial charge in [0.15, 0.2) is 5.17 Å². The number of thioether (sulfide) groups is 1. The molecule has 0 spiro atoms. The predicted octanol–water partition coefficient (Wildman–Crippen LogP) is 5.31. The molecule has 0 N–H and O–H groups in total. The third-order valence-electron chi connectivity index (χ3n) is 5.04. The zero-order valence-electron chi connectivity index (χ0n) is 17.1. The van der Waals surface area contributed by atoms with Crippen LogP contribution in [0.25, 0.3) is 17.0 Å². The van der Waals surface area contributed by atoms with Gasteiger partial charge in [-0.1, -0.05) is 48.0 Å². The lowest BCUT2D eigenvalue weighted by molar-refractivity contribution is -0.122. The standard InChI is InChI=1S/C24H25N3OS/c1-4-25-24-27(5-2)23(28)22(29-24)14-19-16-26(21-12-7-6-11-20(19)21)15-18-10-8-9-17(3)13-18/h6-14,16H,4-5,15H2,1-3H3/b22-14-,25-24?. The molecule has 29 heavy (non-hydrogen) atoms. The molecular weight excluding hydrogens is 378 g/mol. The van der Waals surface area contributed by atoms with Crippen molar-refractivity contribution in [3.63, 3.8) is 0 Å². The quantitative estimate of drug-likeness (QED) is 0.542. The highest BCUT2D eigenvalue weighted by Crippen LogP contribution is 2.34. The number of fused-ring (bicyclic) bond motifs is 1. The van der Waals surface area contributed by atoms with E-state index in [-0.39, 0.29) is 5.91 Å². The van der Waals surface area contributed by atoms with Gasteiger partial charge in [-0.2, -0.15) is 0 Å². The highest BCUT2D eigenvalue weighted by molar-refractivity contribution is 8.18. The van der Waals surface area contributed by atoms with E-state index in [4.69, 9.17) is 0 Å². The minimum Gasteiger partial charge on any atom is -0.342 e. The fourth-order valence-corrected chi connectivity index (χ4v) is 4.81. The lowest BCUT2D eigenvalue weighted by atomic mass is 10.1. The monoisotopic (exact) mass is 403 g/mol. The van der Waals surface area contributed by atoms with Crippen molar-refractivity contribution in [2.24, 2.45) is 4.99 Å². The molecule has 1 fully saturated rings. The minimum atomic E-state index is 0.0419. The van der Waals surface area contributed by atoms with E-state index in [1.54, 1.807) is 4.90 Å². The maximum Gasteiger partial charge on any atom is 0.266 e. The Balaban J connectivity index is 1.74. The molecule has 1 aromatic heterocycles. The van der Waals surface area contributed by atoms with Gasteiger partial charge in [0.2, 0.25) is 0 Å². The van der Waals surface area contributed by atoms with Crippen molar-refractivity contribution in [2.75, 3.05) is 13.1 Å². The zero-order chi connectivity index (χ0) is 20.4. The Morgan fingerprint density at radius 1 is 1.10 bits per heavy atom. The molecule has 0 radical (unpaired) electrons. The van der Waals surface area contributed by atoms with Gasteiger partial charge < -0.3 is 4.57 Å². The average Bonchev–Trinajstić information content (AvgIpc) is 3.20. The molecule has 1 aliphatic rings. The van der Waals surface area contributed by atoms with Crippen LogP contribution in [0, 0.1) is 6.92 Å². The van der Waals surface area contributed by atoms with E-state index in [0.717, 1.165) is 27.6 Å². The molecule has 4 nitrogen and oxygen atoms in total. The van der Waals surface area contributed by atoms with Crippen LogP contribution in [0.15, 0.2) is 64.6 Å². The second-order valence-corrected chi connectivity index (χ2v) is 8.14. The smallest absolute Gasteiger partial charge is 0.266 e. The van der Waals surface area contributed by atoms with Gasteiger partial charge >= 0.3 is 0 Å². The number of para-hydroxylation sites is 1. The highest BCUT2D eigenvalue weighted by Gasteiger charge is 2.32. The first kappa shape index (κ1) is 19.5. The lowest BCUT2D eigenvalue weighted by Gasteiger charge is -2.11. The van der Waals surface area contributed by atoms with Crippen molar-refractivity contribution < 1.29 is 4.79 Å². The van der Waals surface area contributed by atoms with E-state index < -0.39 is 0 Å². The van der Waals surface area contributed by atoms with E-state index >= 15 is 0 Å². The van der Waals surface area contributed by atoms with Gasteiger partial charge in [-0.3, -0.25) is 14.7 Å². The maximum atomic E-state index is 12.8.